The highest BCUT2D eigenvalue weighted by Gasteiger charge is 2.42. The number of halogens is 1. The fourth-order valence-corrected chi connectivity index (χ4v) is 5.22. The smallest absolute Gasteiger partial charge is 0.227 e. The third kappa shape index (κ3) is 3.25. The van der Waals surface area contributed by atoms with Crippen molar-refractivity contribution in [3.05, 3.63) is 88.9 Å². The molecule has 0 N–H and O–H groups in total. The van der Waals surface area contributed by atoms with Gasteiger partial charge in [-0.3, -0.25) is 0 Å². The average Bonchev–Trinajstić information content (AvgIpc) is 3.12. The van der Waals surface area contributed by atoms with Gasteiger partial charge in [0.2, 0.25) is 5.71 Å². The van der Waals surface area contributed by atoms with Crippen molar-refractivity contribution >= 4 is 22.1 Å². The molecule has 2 atom stereocenters. The van der Waals surface area contributed by atoms with Gasteiger partial charge in [0.05, 0.1) is 32.1 Å². The number of aryl methyl sites for hydroxylation is 1. The molecule has 164 valence electrons. The molecule has 0 aliphatic carbocycles. The molecule has 2 aromatic heterocycles. The standard InChI is InChI=1S/C28H30FN2O/c1-17(2)24-15-14-22-21-13-12-18(3)25(27(21)32-28(22)30-24)26-20(10-8-16-31(26,4)5)19-9-6-7-11-23(19)29/h6-15,17,20,26H,16H2,1-5H3/q+1. The van der Waals surface area contributed by atoms with Crippen molar-refractivity contribution in [1.82, 2.24) is 4.98 Å². The summed E-state index contributed by atoms with van der Waals surface area (Å²) in [5, 5.41) is 2.11. The Bertz CT molecular complexity index is 1350. The number of pyridine rings is 1. The summed E-state index contributed by atoms with van der Waals surface area (Å²) in [6.45, 7) is 7.28. The van der Waals surface area contributed by atoms with Gasteiger partial charge in [-0.2, -0.15) is 0 Å². The SMILES string of the molecule is Cc1ccc2c(oc3nc(C(C)C)ccc32)c1C1C(c2ccccc2F)C=CC[N+]1(C)C. The Labute approximate surface area is 188 Å². The first-order chi connectivity index (χ1) is 15.3. The molecule has 0 fully saturated rings. The Morgan fingerprint density at radius 3 is 2.53 bits per heavy atom. The number of aromatic nitrogens is 1. The fourth-order valence-electron chi connectivity index (χ4n) is 5.22. The molecule has 3 nitrogen and oxygen atoms in total. The van der Waals surface area contributed by atoms with E-state index in [1.54, 1.807) is 12.1 Å². The summed E-state index contributed by atoms with van der Waals surface area (Å²) in [7, 11) is 4.44. The molecule has 0 spiro atoms. The van der Waals surface area contributed by atoms with Gasteiger partial charge in [0.15, 0.2) is 0 Å². The number of fused-ring (bicyclic) bond motifs is 3. The van der Waals surface area contributed by atoms with Crippen LogP contribution >= 0.6 is 0 Å². The summed E-state index contributed by atoms with van der Waals surface area (Å²) in [6.07, 6.45) is 4.35. The number of rotatable bonds is 3. The van der Waals surface area contributed by atoms with E-state index in [9.17, 15) is 4.39 Å². The lowest BCUT2D eigenvalue weighted by Crippen LogP contribution is -2.48. The first-order valence-corrected chi connectivity index (χ1v) is 11.3. The minimum Gasteiger partial charge on any atom is -0.437 e. The van der Waals surface area contributed by atoms with Crippen LogP contribution in [-0.4, -0.2) is 30.1 Å². The van der Waals surface area contributed by atoms with E-state index in [4.69, 9.17) is 9.40 Å². The van der Waals surface area contributed by atoms with E-state index in [1.807, 2.05) is 12.1 Å². The van der Waals surface area contributed by atoms with Crippen LogP contribution in [0.25, 0.3) is 22.1 Å². The van der Waals surface area contributed by atoms with Crippen LogP contribution in [0, 0.1) is 12.7 Å². The topological polar surface area (TPSA) is 26.0 Å². The van der Waals surface area contributed by atoms with Crippen molar-refractivity contribution in [2.24, 2.45) is 0 Å². The van der Waals surface area contributed by atoms with E-state index in [1.165, 1.54) is 0 Å². The number of quaternary nitrogens is 1. The zero-order valence-electron chi connectivity index (χ0n) is 19.4. The van der Waals surface area contributed by atoms with Crippen LogP contribution in [0.5, 0.6) is 0 Å². The van der Waals surface area contributed by atoms with Gasteiger partial charge in [-0.15, -0.1) is 0 Å². The van der Waals surface area contributed by atoms with Crippen molar-refractivity contribution in [1.29, 1.82) is 0 Å². The molecule has 1 aliphatic heterocycles. The minimum atomic E-state index is -0.160. The molecule has 4 heteroatoms. The highest BCUT2D eigenvalue weighted by molar-refractivity contribution is 6.05. The van der Waals surface area contributed by atoms with Crippen LogP contribution < -0.4 is 0 Å². The number of furan rings is 1. The van der Waals surface area contributed by atoms with Gasteiger partial charge in [-0.05, 0) is 42.7 Å². The predicted octanol–water partition coefficient (Wildman–Crippen LogP) is 7.02. The van der Waals surface area contributed by atoms with Crippen LogP contribution in [0.15, 0.2) is 65.1 Å². The molecule has 1 aliphatic rings. The predicted molar refractivity (Wildman–Crippen MR) is 128 cm³/mol. The third-order valence-corrected chi connectivity index (χ3v) is 6.95. The Morgan fingerprint density at radius 2 is 1.78 bits per heavy atom. The fraction of sp³-hybridized carbons (Fsp3) is 0.321. The van der Waals surface area contributed by atoms with Crippen molar-refractivity contribution < 1.29 is 13.3 Å². The molecule has 3 heterocycles. The lowest BCUT2D eigenvalue weighted by molar-refractivity contribution is -0.918. The zero-order valence-corrected chi connectivity index (χ0v) is 19.4. The second kappa shape index (κ2) is 7.56. The van der Waals surface area contributed by atoms with Gasteiger partial charge in [-0.25, -0.2) is 9.37 Å². The number of likely N-dealkylation sites (N-methyl/N-ethyl adjacent to an activating group) is 1. The molecule has 2 aromatic carbocycles. The highest BCUT2D eigenvalue weighted by Crippen LogP contribution is 2.47. The van der Waals surface area contributed by atoms with Gasteiger partial charge < -0.3 is 8.90 Å². The number of hydrogen-bond acceptors (Lipinski definition) is 2. The van der Waals surface area contributed by atoms with E-state index in [2.05, 4.69) is 71.3 Å². The molecule has 0 saturated carbocycles. The maximum Gasteiger partial charge on any atom is 0.227 e. The van der Waals surface area contributed by atoms with E-state index >= 15 is 0 Å². The van der Waals surface area contributed by atoms with E-state index in [0.717, 1.165) is 49.8 Å². The van der Waals surface area contributed by atoms with Crippen molar-refractivity contribution in [2.45, 2.75) is 38.6 Å². The lowest BCUT2D eigenvalue weighted by Gasteiger charge is -2.44. The maximum absolute atomic E-state index is 14.9. The van der Waals surface area contributed by atoms with Crippen LogP contribution in [0.1, 0.15) is 54.1 Å². The molecule has 5 rings (SSSR count). The zero-order chi connectivity index (χ0) is 22.6. The average molecular weight is 430 g/mol. The largest absolute Gasteiger partial charge is 0.437 e. The molecular formula is C28H30FN2O+. The summed E-state index contributed by atoms with van der Waals surface area (Å²) >= 11 is 0. The molecule has 2 unspecified atom stereocenters. The van der Waals surface area contributed by atoms with Gasteiger partial charge >= 0.3 is 0 Å². The highest BCUT2D eigenvalue weighted by atomic mass is 19.1. The Hall–Kier alpha value is -2.98. The van der Waals surface area contributed by atoms with Gasteiger partial charge in [0.1, 0.15) is 17.4 Å². The molecular weight excluding hydrogens is 399 g/mol. The monoisotopic (exact) mass is 429 g/mol. The first-order valence-electron chi connectivity index (χ1n) is 11.3. The van der Waals surface area contributed by atoms with Crippen LogP contribution in [0.2, 0.25) is 0 Å². The summed E-state index contributed by atoms with van der Waals surface area (Å²) in [4.78, 5) is 4.81. The summed E-state index contributed by atoms with van der Waals surface area (Å²) in [6, 6.07) is 15.7. The number of hydrogen-bond donors (Lipinski definition) is 0. The summed E-state index contributed by atoms with van der Waals surface area (Å²) in [5.41, 5.74) is 5.62. The second-order valence-corrected chi connectivity index (χ2v) is 9.90. The molecule has 0 bridgehead atoms. The molecule has 0 amide bonds. The molecule has 0 saturated heterocycles. The maximum atomic E-state index is 14.9. The quantitative estimate of drug-likeness (QED) is 0.258. The van der Waals surface area contributed by atoms with Crippen molar-refractivity contribution in [2.75, 3.05) is 20.6 Å². The van der Waals surface area contributed by atoms with Gasteiger partial charge in [0, 0.05) is 22.0 Å². The van der Waals surface area contributed by atoms with Gasteiger partial charge in [-0.1, -0.05) is 50.3 Å². The summed E-state index contributed by atoms with van der Waals surface area (Å²) < 4.78 is 22.1. The molecule has 0 radical (unpaired) electrons. The lowest BCUT2D eigenvalue weighted by atomic mass is 9.80. The van der Waals surface area contributed by atoms with Crippen molar-refractivity contribution in [3.63, 3.8) is 0 Å². The minimum absolute atomic E-state index is 0.0192. The van der Waals surface area contributed by atoms with Gasteiger partial charge in [0.25, 0.3) is 0 Å². The van der Waals surface area contributed by atoms with E-state index in [0.29, 0.717) is 11.6 Å². The van der Waals surface area contributed by atoms with Crippen LogP contribution in [0.3, 0.4) is 0 Å². The van der Waals surface area contributed by atoms with Crippen molar-refractivity contribution in [3.8, 4) is 0 Å². The number of nitrogens with zero attached hydrogens (tertiary/aromatic N) is 2. The second-order valence-electron chi connectivity index (χ2n) is 9.90. The Balaban J connectivity index is 1.79. The third-order valence-electron chi connectivity index (χ3n) is 6.95. The first kappa shape index (κ1) is 20.9. The normalized spacial score (nSPS) is 20.5. The van der Waals surface area contributed by atoms with Crippen LogP contribution in [-0.2, 0) is 0 Å². The Morgan fingerprint density at radius 1 is 1.03 bits per heavy atom. The Kier molecular flexibility index (Phi) is 4.94. The molecule has 32 heavy (non-hydrogen) atoms. The summed E-state index contributed by atoms with van der Waals surface area (Å²) in [5.74, 6) is 0.0849. The van der Waals surface area contributed by atoms with Crippen LogP contribution in [0.4, 0.5) is 4.39 Å². The van der Waals surface area contributed by atoms with E-state index in [-0.39, 0.29) is 17.8 Å². The van der Waals surface area contributed by atoms with E-state index < -0.39 is 0 Å². The number of benzene rings is 2. The molecule has 4 aromatic rings.